The van der Waals surface area contributed by atoms with E-state index >= 15 is 0 Å². The highest BCUT2D eigenvalue weighted by molar-refractivity contribution is 6.26. The highest BCUT2D eigenvalue weighted by Gasteiger charge is 2.70. The maximum absolute atomic E-state index is 14.3. The van der Waals surface area contributed by atoms with E-state index in [1.54, 1.807) is 31.2 Å². The van der Waals surface area contributed by atoms with Crippen LogP contribution in [0, 0.1) is 18.8 Å². The van der Waals surface area contributed by atoms with Crippen LogP contribution in [-0.4, -0.2) is 41.3 Å². The lowest BCUT2D eigenvalue weighted by Crippen LogP contribution is -2.53. The normalized spacial score (nSPS) is 24.7. The standard InChI is InChI=1S/C32H28N4O5/c1-3-41-30(39)18-9-11-20(12-10-18)36-28(37)26-25(15-19-16-33-23-7-5-4-6-21(19)23)35-32(27(26)29(36)38)22-14-17(2)8-13-24(22)34-31(32)40/h4-14,16,25-27,33,35H,3,15H2,1-2H3,(H,34,40)/t25?,26-,27+,32?/m1/s1. The number of carbonyl (C=O) groups is 4. The van der Waals surface area contributed by atoms with E-state index in [9.17, 15) is 19.2 Å². The molecule has 4 atom stereocenters. The van der Waals surface area contributed by atoms with E-state index in [-0.39, 0.29) is 18.4 Å². The molecule has 3 aliphatic rings. The van der Waals surface area contributed by atoms with Crippen molar-refractivity contribution in [3.05, 3.63) is 95.2 Å². The molecule has 0 aliphatic carbocycles. The summed E-state index contributed by atoms with van der Waals surface area (Å²) in [4.78, 5) is 58.9. The molecule has 2 saturated heterocycles. The van der Waals surface area contributed by atoms with E-state index in [1.165, 1.54) is 4.90 Å². The summed E-state index contributed by atoms with van der Waals surface area (Å²) in [6.07, 6.45) is 2.36. The molecule has 2 unspecified atom stereocenters. The second-order valence-corrected chi connectivity index (χ2v) is 10.9. The van der Waals surface area contributed by atoms with Gasteiger partial charge in [-0.2, -0.15) is 0 Å². The van der Waals surface area contributed by atoms with Crippen LogP contribution in [0.2, 0.25) is 0 Å². The Morgan fingerprint density at radius 2 is 1.78 bits per heavy atom. The fourth-order valence-corrected chi connectivity index (χ4v) is 6.84. The molecule has 3 amide bonds. The number of esters is 1. The second-order valence-electron chi connectivity index (χ2n) is 10.9. The van der Waals surface area contributed by atoms with E-state index in [0.29, 0.717) is 28.9 Å². The van der Waals surface area contributed by atoms with Crippen molar-refractivity contribution in [2.75, 3.05) is 16.8 Å². The molecule has 1 spiro atoms. The van der Waals surface area contributed by atoms with Crippen molar-refractivity contribution < 1.29 is 23.9 Å². The molecule has 9 heteroatoms. The van der Waals surface area contributed by atoms with Gasteiger partial charge in [0.1, 0.15) is 5.54 Å². The Hall–Kier alpha value is -4.76. The molecule has 3 aliphatic heterocycles. The van der Waals surface area contributed by atoms with E-state index < -0.39 is 35.3 Å². The van der Waals surface area contributed by atoms with Gasteiger partial charge < -0.3 is 15.0 Å². The largest absolute Gasteiger partial charge is 0.462 e. The monoisotopic (exact) mass is 548 g/mol. The number of para-hydroxylation sites is 1. The SMILES string of the molecule is CCOC(=O)c1ccc(N2C(=O)[C@@H]3C(Cc4c[nH]c5ccccc45)NC4(C(=O)Nc5ccc(C)cc54)[C@@H]3C2=O)cc1. The molecule has 206 valence electrons. The highest BCUT2D eigenvalue weighted by atomic mass is 16.5. The third-order valence-corrected chi connectivity index (χ3v) is 8.62. The number of aromatic nitrogens is 1. The molecule has 3 N–H and O–H groups in total. The average molecular weight is 549 g/mol. The molecule has 3 aromatic carbocycles. The number of nitrogens with one attached hydrogen (secondary N) is 3. The summed E-state index contributed by atoms with van der Waals surface area (Å²) >= 11 is 0. The van der Waals surface area contributed by atoms with Crippen molar-refractivity contribution in [3.63, 3.8) is 0 Å². The lowest BCUT2D eigenvalue weighted by Gasteiger charge is -2.29. The Balaban J connectivity index is 1.33. The smallest absolute Gasteiger partial charge is 0.338 e. The third kappa shape index (κ3) is 3.58. The van der Waals surface area contributed by atoms with Gasteiger partial charge in [0.25, 0.3) is 0 Å². The summed E-state index contributed by atoms with van der Waals surface area (Å²) in [5.74, 6) is -3.35. The number of imide groups is 1. The van der Waals surface area contributed by atoms with Gasteiger partial charge in [0.05, 0.1) is 29.7 Å². The average Bonchev–Trinajstić information content (AvgIpc) is 3.68. The van der Waals surface area contributed by atoms with Crippen molar-refractivity contribution >= 4 is 46.0 Å². The van der Waals surface area contributed by atoms with Gasteiger partial charge in [-0.05, 0) is 62.2 Å². The van der Waals surface area contributed by atoms with Gasteiger partial charge in [0.2, 0.25) is 17.7 Å². The molecular weight excluding hydrogens is 520 g/mol. The van der Waals surface area contributed by atoms with Gasteiger partial charge in [0.15, 0.2) is 0 Å². The quantitative estimate of drug-likeness (QED) is 0.258. The lowest BCUT2D eigenvalue weighted by molar-refractivity contribution is -0.130. The number of ether oxygens (including phenoxy) is 1. The first-order valence-corrected chi connectivity index (χ1v) is 13.7. The number of anilines is 2. The summed E-state index contributed by atoms with van der Waals surface area (Å²) < 4.78 is 5.07. The third-order valence-electron chi connectivity index (χ3n) is 8.62. The molecule has 0 radical (unpaired) electrons. The number of rotatable bonds is 5. The van der Waals surface area contributed by atoms with Crippen LogP contribution in [-0.2, 0) is 31.1 Å². The van der Waals surface area contributed by atoms with E-state index in [0.717, 1.165) is 22.0 Å². The van der Waals surface area contributed by atoms with Crippen molar-refractivity contribution in [2.45, 2.75) is 31.8 Å². The summed E-state index contributed by atoms with van der Waals surface area (Å²) in [5.41, 5.74) is 3.52. The van der Waals surface area contributed by atoms with Crippen LogP contribution in [0.3, 0.4) is 0 Å². The van der Waals surface area contributed by atoms with Crippen LogP contribution >= 0.6 is 0 Å². The maximum atomic E-state index is 14.3. The molecule has 1 aromatic heterocycles. The van der Waals surface area contributed by atoms with Crippen molar-refractivity contribution in [2.24, 2.45) is 11.8 Å². The number of fused-ring (bicyclic) bond motifs is 5. The zero-order valence-electron chi connectivity index (χ0n) is 22.6. The molecule has 2 fully saturated rings. The minimum absolute atomic E-state index is 0.239. The second kappa shape index (κ2) is 9.14. The van der Waals surface area contributed by atoms with Gasteiger partial charge in [0, 0.05) is 34.4 Å². The molecule has 41 heavy (non-hydrogen) atoms. The predicted octanol–water partition coefficient (Wildman–Crippen LogP) is 3.82. The fraction of sp³-hybridized carbons (Fsp3) is 0.250. The van der Waals surface area contributed by atoms with Crippen LogP contribution in [0.1, 0.15) is 34.0 Å². The van der Waals surface area contributed by atoms with Gasteiger partial charge in [-0.1, -0.05) is 35.9 Å². The van der Waals surface area contributed by atoms with E-state index in [2.05, 4.69) is 15.6 Å². The number of nitrogens with zero attached hydrogens (tertiary/aromatic N) is 1. The van der Waals surface area contributed by atoms with Crippen LogP contribution in [0.4, 0.5) is 11.4 Å². The number of benzene rings is 3. The fourth-order valence-electron chi connectivity index (χ4n) is 6.84. The summed E-state index contributed by atoms with van der Waals surface area (Å²) in [5, 5.41) is 7.51. The van der Waals surface area contributed by atoms with Crippen LogP contribution < -0.4 is 15.5 Å². The van der Waals surface area contributed by atoms with Crippen molar-refractivity contribution in [1.29, 1.82) is 0 Å². The lowest BCUT2D eigenvalue weighted by atomic mass is 9.76. The number of aromatic amines is 1. The molecule has 0 bridgehead atoms. The number of amides is 3. The number of hydrogen-bond acceptors (Lipinski definition) is 6. The highest BCUT2D eigenvalue weighted by Crippen LogP contribution is 2.54. The maximum Gasteiger partial charge on any atom is 0.338 e. The Morgan fingerprint density at radius 1 is 1.00 bits per heavy atom. The Kier molecular flexibility index (Phi) is 5.62. The molecule has 0 saturated carbocycles. The zero-order chi connectivity index (χ0) is 28.5. The Labute approximate surface area is 235 Å². The summed E-state index contributed by atoms with van der Waals surface area (Å²) in [6.45, 7) is 3.90. The molecular formula is C32H28N4O5. The molecule has 4 aromatic rings. The number of hydrogen-bond donors (Lipinski definition) is 3. The van der Waals surface area contributed by atoms with Crippen LogP contribution in [0.25, 0.3) is 10.9 Å². The van der Waals surface area contributed by atoms with Gasteiger partial charge in [-0.15, -0.1) is 0 Å². The summed E-state index contributed by atoms with van der Waals surface area (Å²) in [6, 6.07) is 19.3. The Morgan fingerprint density at radius 3 is 2.56 bits per heavy atom. The first-order valence-electron chi connectivity index (χ1n) is 13.7. The van der Waals surface area contributed by atoms with E-state index in [1.807, 2.05) is 55.6 Å². The molecule has 4 heterocycles. The summed E-state index contributed by atoms with van der Waals surface area (Å²) in [7, 11) is 0. The van der Waals surface area contributed by atoms with Gasteiger partial charge >= 0.3 is 5.97 Å². The van der Waals surface area contributed by atoms with Crippen LogP contribution in [0.5, 0.6) is 0 Å². The van der Waals surface area contributed by atoms with Gasteiger partial charge in [-0.3, -0.25) is 19.7 Å². The first-order chi connectivity index (χ1) is 19.8. The topological polar surface area (TPSA) is 121 Å². The zero-order valence-corrected chi connectivity index (χ0v) is 22.6. The van der Waals surface area contributed by atoms with E-state index in [4.69, 9.17) is 4.74 Å². The minimum Gasteiger partial charge on any atom is -0.462 e. The van der Waals surface area contributed by atoms with Gasteiger partial charge in [-0.25, -0.2) is 9.69 Å². The number of aryl methyl sites for hydroxylation is 1. The first kappa shape index (κ1) is 25.2. The molecule has 7 rings (SSSR count). The number of H-pyrrole nitrogens is 1. The Bertz CT molecular complexity index is 1760. The minimum atomic E-state index is -1.39. The number of carbonyl (C=O) groups excluding carboxylic acids is 4. The van der Waals surface area contributed by atoms with Crippen molar-refractivity contribution in [3.8, 4) is 0 Å². The van der Waals surface area contributed by atoms with Crippen LogP contribution in [0.15, 0.2) is 72.9 Å². The predicted molar refractivity (Wildman–Crippen MR) is 152 cm³/mol. The molecule has 9 nitrogen and oxygen atoms in total. The van der Waals surface area contributed by atoms with Crippen molar-refractivity contribution in [1.82, 2.24) is 10.3 Å².